The number of para-hydroxylation sites is 1. The average molecular weight is 296 g/mol. The summed E-state index contributed by atoms with van der Waals surface area (Å²) in [6.07, 6.45) is 0. The maximum Gasteiger partial charge on any atom is 0.324 e. The first kappa shape index (κ1) is 13.5. The fourth-order valence-corrected chi connectivity index (χ4v) is 2.14. The molecule has 19 heavy (non-hydrogen) atoms. The summed E-state index contributed by atoms with van der Waals surface area (Å²) in [7, 11) is 0. The van der Waals surface area contributed by atoms with E-state index in [1.54, 1.807) is 31.2 Å². The van der Waals surface area contributed by atoms with Crippen molar-refractivity contribution in [2.24, 2.45) is 0 Å². The third-order valence-electron chi connectivity index (χ3n) is 2.48. The highest BCUT2D eigenvalue weighted by molar-refractivity contribution is 7.71. The normalized spacial score (nSPS) is 10.2. The molecule has 1 amide bonds. The summed E-state index contributed by atoms with van der Waals surface area (Å²) in [5.74, 6) is -0.428. The van der Waals surface area contributed by atoms with Gasteiger partial charge in [0.25, 0.3) is 5.91 Å². The molecule has 0 aliphatic rings. The number of carbonyl (C=O) groups is 1. The fourth-order valence-electron chi connectivity index (χ4n) is 1.62. The molecule has 0 saturated heterocycles. The van der Waals surface area contributed by atoms with Gasteiger partial charge in [-0.25, -0.2) is 4.79 Å². The standard InChI is InChI=1S/C12H10ClN3O2S/c1-6-9(11(19)16-12(18)14-6)10(17)15-8-5-3-2-4-7(8)13/h2-5H,1H3,(H,15,17)(H2,14,16,18,19). The second-order valence-corrected chi connectivity index (χ2v) is 4.66. The van der Waals surface area contributed by atoms with E-state index >= 15 is 0 Å². The van der Waals surface area contributed by atoms with Gasteiger partial charge in [0.1, 0.15) is 4.64 Å². The lowest BCUT2D eigenvalue weighted by atomic mass is 10.2. The summed E-state index contributed by atoms with van der Waals surface area (Å²) in [6, 6.07) is 6.85. The van der Waals surface area contributed by atoms with Crippen molar-refractivity contribution in [2.75, 3.05) is 5.32 Å². The Morgan fingerprint density at radius 3 is 2.63 bits per heavy atom. The molecule has 7 heteroatoms. The van der Waals surface area contributed by atoms with Crippen molar-refractivity contribution in [3.05, 3.63) is 55.7 Å². The SMILES string of the molecule is Cc1[nH]c(=O)[nH]c(=S)c1C(=O)Nc1ccccc1Cl. The summed E-state index contributed by atoms with van der Waals surface area (Å²) < 4.78 is 0.0887. The molecule has 1 aromatic carbocycles. The van der Waals surface area contributed by atoms with E-state index in [0.29, 0.717) is 16.4 Å². The minimum atomic E-state index is -0.447. The highest BCUT2D eigenvalue weighted by Gasteiger charge is 2.14. The largest absolute Gasteiger partial charge is 0.324 e. The van der Waals surface area contributed by atoms with E-state index in [-0.39, 0.29) is 10.2 Å². The Morgan fingerprint density at radius 1 is 1.32 bits per heavy atom. The number of aromatic nitrogens is 2. The number of aromatic amines is 2. The van der Waals surface area contributed by atoms with Gasteiger partial charge in [-0.05, 0) is 19.1 Å². The smallest absolute Gasteiger partial charge is 0.320 e. The molecule has 0 saturated carbocycles. The molecule has 0 spiro atoms. The van der Waals surface area contributed by atoms with Gasteiger partial charge in [-0.2, -0.15) is 0 Å². The Kier molecular flexibility index (Phi) is 3.82. The van der Waals surface area contributed by atoms with Gasteiger partial charge in [-0.1, -0.05) is 36.0 Å². The van der Waals surface area contributed by atoms with Gasteiger partial charge in [0.2, 0.25) is 0 Å². The van der Waals surface area contributed by atoms with Crippen LogP contribution in [0.3, 0.4) is 0 Å². The van der Waals surface area contributed by atoms with Crippen molar-refractivity contribution in [3.63, 3.8) is 0 Å². The van der Waals surface area contributed by atoms with Crippen molar-refractivity contribution >= 4 is 35.4 Å². The zero-order valence-corrected chi connectivity index (χ0v) is 11.5. The van der Waals surface area contributed by atoms with Crippen molar-refractivity contribution < 1.29 is 4.79 Å². The quantitative estimate of drug-likeness (QED) is 0.745. The lowest BCUT2D eigenvalue weighted by molar-refractivity contribution is 0.102. The summed E-state index contributed by atoms with van der Waals surface area (Å²) in [4.78, 5) is 28.2. The number of hydrogen-bond donors (Lipinski definition) is 3. The fraction of sp³-hybridized carbons (Fsp3) is 0.0833. The molecule has 0 aliphatic heterocycles. The molecule has 0 bridgehead atoms. The third kappa shape index (κ3) is 2.91. The van der Waals surface area contributed by atoms with Crippen LogP contribution in [0, 0.1) is 11.6 Å². The van der Waals surface area contributed by atoms with Crippen LogP contribution in [-0.2, 0) is 0 Å². The number of H-pyrrole nitrogens is 2. The molecule has 0 aliphatic carbocycles. The van der Waals surface area contributed by atoms with E-state index in [0.717, 1.165) is 0 Å². The Labute approximate surface area is 118 Å². The number of anilines is 1. The highest BCUT2D eigenvalue weighted by Crippen LogP contribution is 2.21. The third-order valence-corrected chi connectivity index (χ3v) is 3.12. The van der Waals surface area contributed by atoms with Crippen LogP contribution in [0.15, 0.2) is 29.1 Å². The lowest BCUT2D eigenvalue weighted by Gasteiger charge is -2.08. The minimum absolute atomic E-state index is 0.0887. The number of aryl methyl sites for hydroxylation is 1. The van der Waals surface area contributed by atoms with Crippen LogP contribution in [0.1, 0.15) is 16.1 Å². The van der Waals surface area contributed by atoms with Crippen LogP contribution in [0.25, 0.3) is 0 Å². The van der Waals surface area contributed by atoms with Crippen molar-refractivity contribution in [3.8, 4) is 0 Å². The number of hydrogen-bond acceptors (Lipinski definition) is 3. The molecule has 5 nitrogen and oxygen atoms in total. The van der Waals surface area contributed by atoms with E-state index in [1.807, 2.05) is 0 Å². The second-order valence-electron chi connectivity index (χ2n) is 3.84. The van der Waals surface area contributed by atoms with Crippen LogP contribution < -0.4 is 11.0 Å². The van der Waals surface area contributed by atoms with E-state index in [9.17, 15) is 9.59 Å². The number of carbonyl (C=O) groups excluding carboxylic acids is 1. The van der Waals surface area contributed by atoms with Crippen LogP contribution in [0.4, 0.5) is 5.69 Å². The predicted octanol–water partition coefficient (Wildman–Crippen LogP) is 2.65. The van der Waals surface area contributed by atoms with Gasteiger partial charge in [0.05, 0.1) is 16.3 Å². The maximum absolute atomic E-state index is 12.1. The Balaban J connectivity index is 2.39. The molecule has 1 aromatic heterocycles. The van der Waals surface area contributed by atoms with Gasteiger partial charge in [-0.3, -0.25) is 9.78 Å². The molecule has 98 valence electrons. The van der Waals surface area contributed by atoms with E-state index < -0.39 is 11.6 Å². The van der Waals surface area contributed by atoms with Crippen molar-refractivity contribution in [1.29, 1.82) is 0 Å². The maximum atomic E-state index is 12.1. The van der Waals surface area contributed by atoms with E-state index in [1.165, 1.54) is 0 Å². The molecule has 0 fully saturated rings. The molecule has 0 radical (unpaired) electrons. The number of nitrogens with one attached hydrogen (secondary N) is 3. The average Bonchev–Trinajstić information content (AvgIpc) is 2.30. The second kappa shape index (κ2) is 5.38. The first-order valence-electron chi connectivity index (χ1n) is 5.38. The molecule has 2 aromatic rings. The van der Waals surface area contributed by atoms with Crippen LogP contribution in [0.5, 0.6) is 0 Å². The predicted molar refractivity (Wildman–Crippen MR) is 76.4 cm³/mol. The van der Waals surface area contributed by atoms with E-state index in [2.05, 4.69) is 15.3 Å². The number of rotatable bonds is 2. The van der Waals surface area contributed by atoms with Gasteiger partial charge in [0, 0.05) is 5.69 Å². The highest BCUT2D eigenvalue weighted by atomic mass is 35.5. The number of halogens is 1. The molecule has 2 rings (SSSR count). The summed E-state index contributed by atoms with van der Waals surface area (Å²) in [6.45, 7) is 1.60. The van der Waals surface area contributed by atoms with Crippen LogP contribution >= 0.6 is 23.8 Å². The first-order chi connectivity index (χ1) is 8.99. The van der Waals surface area contributed by atoms with Crippen LogP contribution in [-0.4, -0.2) is 15.9 Å². The van der Waals surface area contributed by atoms with Crippen molar-refractivity contribution in [1.82, 2.24) is 9.97 Å². The molecule has 3 N–H and O–H groups in total. The number of amides is 1. The minimum Gasteiger partial charge on any atom is -0.320 e. The Bertz CT molecular complexity index is 751. The zero-order chi connectivity index (χ0) is 14.0. The van der Waals surface area contributed by atoms with Gasteiger partial charge >= 0.3 is 5.69 Å². The lowest BCUT2D eigenvalue weighted by Crippen LogP contribution is -2.21. The monoisotopic (exact) mass is 295 g/mol. The van der Waals surface area contributed by atoms with Gasteiger partial charge in [0.15, 0.2) is 0 Å². The topological polar surface area (TPSA) is 77.8 Å². The summed E-state index contributed by atoms with van der Waals surface area (Å²) in [5, 5.41) is 3.07. The molecule has 0 unspecified atom stereocenters. The van der Waals surface area contributed by atoms with Crippen molar-refractivity contribution in [2.45, 2.75) is 6.92 Å². The Hall–Kier alpha value is -1.92. The molecular weight excluding hydrogens is 286 g/mol. The Morgan fingerprint density at radius 2 is 2.00 bits per heavy atom. The van der Waals surface area contributed by atoms with E-state index in [4.69, 9.17) is 23.8 Å². The molecule has 0 atom stereocenters. The van der Waals surface area contributed by atoms with Crippen LogP contribution in [0.2, 0.25) is 5.02 Å². The number of benzene rings is 1. The zero-order valence-electron chi connectivity index (χ0n) is 9.91. The summed E-state index contributed by atoms with van der Waals surface area (Å²) >= 11 is 10.9. The van der Waals surface area contributed by atoms with Gasteiger partial charge in [-0.15, -0.1) is 0 Å². The summed E-state index contributed by atoms with van der Waals surface area (Å²) in [5.41, 5.74) is 0.652. The molecular formula is C12H10ClN3O2S. The molecule has 1 heterocycles. The van der Waals surface area contributed by atoms with Gasteiger partial charge < -0.3 is 10.3 Å². The first-order valence-corrected chi connectivity index (χ1v) is 6.16.